The predicted octanol–water partition coefficient (Wildman–Crippen LogP) is 3.70. The van der Waals surface area contributed by atoms with Crippen molar-refractivity contribution in [3.63, 3.8) is 0 Å². The number of anilines is 1. The Kier molecular flexibility index (Phi) is 5.31. The van der Waals surface area contributed by atoms with Gasteiger partial charge in [0, 0.05) is 18.2 Å². The van der Waals surface area contributed by atoms with E-state index in [4.69, 9.17) is 5.26 Å². The van der Waals surface area contributed by atoms with Gasteiger partial charge < -0.3 is 5.32 Å². The molecule has 1 atom stereocenters. The molecule has 0 aliphatic heterocycles. The van der Waals surface area contributed by atoms with Crippen molar-refractivity contribution in [2.75, 3.05) is 5.32 Å². The van der Waals surface area contributed by atoms with Crippen LogP contribution in [0.3, 0.4) is 0 Å². The van der Waals surface area contributed by atoms with Gasteiger partial charge >= 0.3 is 0 Å². The number of nitrogens with zero attached hydrogens (tertiary/aromatic N) is 2. The maximum atomic E-state index is 10.7. The zero-order valence-electron chi connectivity index (χ0n) is 11.5. The van der Waals surface area contributed by atoms with Gasteiger partial charge in [0.15, 0.2) is 0 Å². The van der Waals surface area contributed by atoms with E-state index in [1.165, 1.54) is 12.1 Å². The number of rotatable bonds is 6. The lowest BCUT2D eigenvalue weighted by molar-refractivity contribution is -0.384. The van der Waals surface area contributed by atoms with Crippen molar-refractivity contribution in [2.24, 2.45) is 5.92 Å². The van der Waals surface area contributed by atoms with E-state index in [-0.39, 0.29) is 11.7 Å². The summed E-state index contributed by atoms with van der Waals surface area (Å²) in [5, 5.41) is 22.9. The minimum absolute atomic E-state index is 0.0584. The molecule has 0 spiro atoms. The van der Waals surface area contributed by atoms with E-state index in [1.54, 1.807) is 6.07 Å². The third kappa shape index (κ3) is 4.59. The summed E-state index contributed by atoms with van der Waals surface area (Å²) in [6.45, 7) is 6.38. The van der Waals surface area contributed by atoms with Gasteiger partial charge in [-0.2, -0.15) is 5.26 Å². The number of non-ortho nitro benzene ring substituents is 1. The van der Waals surface area contributed by atoms with Crippen LogP contribution >= 0.6 is 0 Å². The maximum Gasteiger partial charge on any atom is 0.270 e. The van der Waals surface area contributed by atoms with Gasteiger partial charge in [0.1, 0.15) is 6.07 Å². The Balaban J connectivity index is 2.78. The van der Waals surface area contributed by atoms with Crippen molar-refractivity contribution in [3.8, 4) is 6.07 Å². The van der Waals surface area contributed by atoms with Crippen molar-refractivity contribution in [2.45, 2.75) is 39.7 Å². The molecule has 1 N–H and O–H groups in total. The van der Waals surface area contributed by atoms with Crippen molar-refractivity contribution in [3.05, 3.63) is 33.9 Å². The summed E-state index contributed by atoms with van der Waals surface area (Å²) in [4.78, 5) is 10.2. The molecule has 0 aliphatic rings. The molecule has 0 aromatic heterocycles. The fourth-order valence-corrected chi connectivity index (χ4v) is 1.79. The fourth-order valence-electron chi connectivity index (χ4n) is 1.79. The first-order valence-corrected chi connectivity index (χ1v) is 6.39. The number of nitro benzene ring substituents is 1. The molecule has 5 nitrogen and oxygen atoms in total. The lowest BCUT2D eigenvalue weighted by atomic mass is 10.0. The quantitative estimate of drug-likeness (QED) is 0.625. The molecule has 1 rings (SSSR count). The minimum Gasteiger partial charge on any atom is -0.382 e. The second kappa shape index (κ2) is 6.74. The number of hydrogen-bond donors (Lipinski definition) is 1. The number of nitrogens with one attached hydrogen (secondary N) is 1. The zero-order valence-corrected chi connectivity index (χ0v) is 11.5. The van der Waals surface area contributed by atoms with Crippen LogP contribution < -0.4 is 5.32 Å². The lowest BCUT2D eigenvalue weighted by Gasteiger charge is -2.17. The zero-order chi connectivity index (χ0) is 14.4. The SMILES string of the molecule is CC(C)CCC(C)Nc1ccc([N+](=O)[O-])cc1C#N. The van der Waals surface area contributed by atoms with Crippen molar-refractivity contribution >= 4 is 11.4 Å². The second-order valence-corrected chi connectivity index (χ2v) is 5.12. The van der Waals surface area contributed by atoms with Crippen molar-refractivity contribution in [1.29, 1.82) is 5.26 Å². The van der Waals surface area contributed by atoms with E-state index >= 15 is 0 Å². The van der Waals surface area contributed by atoms with Gasteiger partial charge in [-0.05, 0) is 31.7 Å². The molecule has 102 valence electrons. The lowest BCUT2D eigenvalue weighted by Crippen LogP contribution is -2.16. The van der Waals surface area contributed by atoms with E-state index in [2.05, 4.69) is 19.2 Å². The minimum atomic E-state index is -0.493. The van der Waals surface area contributed by atoms with Crippen LogP contribution in [0.4, 0.5) is 11.4 Å². The van der Waals surface area contributed by atoms with Gasteiger partial charge in [-0.25, -0.2) is 0 Å². The Morgan fingerprint density at radius 2 is 2.05 bits per heavy atom. The topological polar surface area (TPSA) is 79.0 Å². The summed E-state index contributed by atoms with van der Waals surface area (Å²) >= 11 is 0. The summed E-state index contributed by atoms with van der Waals surface area (Å²) in [5.41, 5.74) is 0.909. The van der Waals surface area contributed by atoms with Gasteiger partial charge in [0.25, 0.3) is 5.69 Å². The van der Waals surface area contributed by atoms with Crippen LogP contribution in [0, 0.1) is 27.4 Å². The molecule has 1 aromatic rings. The number of benzene rings is 1. The highest BCUT2D eigenvalue weighted by molar-refractivity contribution is 5.61. The Bertz CT molecular complexity index is 492. The molecule has 0 heterocycles. The van der Waals surface area contributed by atoms with Crippen LogP contribution in [0.15, 0.2) is 18.2 Å². The first kappa shape index (κ1) is 15.0. The number of nitro groups is 1. The van der Waals surface area contributed by atoms with Crippen LogP contribution in [-0.2, 0) is 0 Å². The Morgan fingerprint density at radius 3 is 2.58 bits per heavy atom. The average Bonchev–Trinajstić information content (AvgIpc) is 2.36. The Hall–Kier alpha value is -2.09. The van der Waals surface area contributed by atoms with Gasteiger partial charge in [0.05, 0.1) is 16.2 Å². The highest BCUT2D eigenvalue weighted by Gasteiger charge is 2.12. The monoisotopic (exact) mass is 261 g/mol. The fraction of sp³-hybridized carbons (Fsp3) is 0.500. The molecule has 0 bridgehead atoms. The largest absolute Gasteiger partial charge is 0.382 e. The predicted molar refractivity (Wildman–Crippen MR) is 75.0 cm³/mol. The van der Waals surface area contributed by atoms with Crippen molar-refractivity contribution < 1.29 is 4.92 Å². The highest BCUT2D eigenvalue weighted by Crippen LogP contribution is 2.23. The van der Waals surface area contributed by atoms with E-state index in [0.717, 1.165) is 12.8 Å². The molecule has 1 aromatic carbocycles. The smallest absolute Gasteiger partial charge is 0.270 e. The molecule has 0 saturated carbocycles. The van der Waals surface area contributed by atoms with E-state index < -0.39 is 4.92 Å². The number of nitriles is 1. The summed E-state index contributed by atoms with van der Waals surface area (Å²) in [6.07, 6.45) is 2.10. The van der Waals surface area contributed by atoms with Crippen LogP contribution in [0.1, 0.15) is 39.2 Å². The van der Waals surface area contributed by atoms with Gasteiger partial charge in [-0.1, -0.05) is 13.8 Å². The van der Waals surface area contributed by atoms with Crippen LogP contribution in [-0.4, -0.2) is 11.0 Å². The molecule has 0 radical (unpaired) electrons. The van der Waals surface area contributed by atoms with E-state index in [1.807, 2.05) is 13.0 Å². The average molecular weight is 261 g/mol. The maximum absolute atomic E-state index is 10.7. The molecule has 1 unspecified atom stereocenters. The third-order valence-electron chi connectivity index (χ3n) is 2.91. The summed E-state index contributed by atoms with van der Waals surface area (Å²) < 4.78 is 0. The number of hydrogen-bond acceptors (Lipinski definition) is 4. The second-order valence-electron chi connectivity index (χ2n) is 5.12. The molecule has 0 saturated heterocycles. The third-order valence-corrected chi connectivity index (χ3v) is 2.91. The van der Waals surface area contributed by atoms with Gasteiger partial charge in [0.2, 0.25) is 0 Å². The van der Waals surface area contributed by atoms with Crippen LogP contribution in [0.2, 0.25) is 0 Å². The molecule has 5 heteroatoms. The van der Waals surface area contributed by atoms with E-state index in [0.29, 0.717) is 17.2 Å². The molecule has 0 fully saturated rings. The first-order chi connectivity index (χ1) is 8.93. The van der Waals surface area contributed by atoms with E-state index in [9.17, 15) is 10.1 Å². The Morgan fingerprint density at radius 1 is 1.37 bits per heavy atom. The normalized spacial score (nSPS) is 11.9. The van der Waals surface area contributed by atoms with Gasteiger partial charge in [-0.15, -0.1) is 0 Å². The molecular weight excluding hydrogens is 242 g/mol. The molecule has 19 heavy (non-hydrogen) atoms. The molecule has 0 amide bonds. The summed E-state index contributed by atoms with van der Waals surface area (Å²) in [6, 6.07) is 6.54. The molecular formula is C14H19N3O2. The summed E-state index contributed by atoms with van der Waals surface area (Å²) in [7, 11) is 0. The van der Waals surface area contributed by atoms with Crippen molar-refractivity contribution in [1.82, 2.24) is 0 Å². The highest BCUT2D eigenvalue weighted by atomic mass is 16.6. The van der Waals surface area contributed by atoms with Crippen LogP contribution in [0.25, 0.3) is 0 Å². The van der Waals surface area contributed by atoms with Crippen LogP contribution in [0.5, 0.6) is 0 Å². The first-order valence-electron chi connectivity index (χ1n) is 6.39. The standard InChI is InChI=1S/C14H19N3O2/c1-10(2)4-5-11(3)16-14-7-6-13(17(18)19)8-12(14)9-15/h6-8,10-11,16H,4-5H2,1-3H3. The summed E-state index contributed by atoms with van der Waals surface area (Å²) in [5.74, 6) is 0.636. The Labute approximate surface area is 113 Å². The molecule has 0 aliphatic carbocycles. The van der Waals surface area contributed by atoms with Gasteiger partial charge in [-0.3, -0.25) is 10.1 Å².